The molecule has 0 saturated carbocycles. The first-order valence-electron chi connectivity index (χ1n) is 5.76. The number of carboxylic acid groups (broad SMARTS) is 1. The number of rotatable bonds is 7. The molecule has 0 heterocycles. The molecule has 1 amide bonds. The summed E-state index contributed by atoms with van der Waals surface area (Å²) in [6.45, 7) is -0.0204. The summed E-state index contributed by atoms with van der Waals surface area (Å²) in [4.78, 5) is 23.8. The van der Waals surface area contributed by atoms with Gasteiger partial charge < -0.3 is 14.7 Å². The van der Waals surface area contributed by atoms with Gasteiger partial charge in [-0.2, -0.15) is 0 Å². The maximum atomic E-state index is 12.8. The van der Waals surface area contributed by atoms with Crippen LogP contribution in [0.4, 0.5) is 4.39 Å². The second kappa shape index (κ2) is 7.48. The van der Waals surface area contributed by atoms with Gasteiger partial charge in [0.15, 0.2) is 0 Å². The number of carboxylic acids is 1. The third-order valence-electron chi connectivity index (χ3n) is 2.49. The van der Waals surface area contributed by atoms with Crippen molar-refractivity contribution in [2.24, 2.45) is 0 Å². The van der Waals surface area contributed by atoms with E-state index < -0.39 is 5.97 Å². The Bertz CT molecular complexity index is 433. The summed E-state index contributed by atoms with van der Waals surface area (Å²) in [5, 5.41) is 8.80. The summed E-state index contributed by atoms with van der Waals surface area (Å²) in [7, 11) is 1.47. The quantitative estimate of drug-likeness (QED) is 0.809. The van der Waals surface area contributed by atoms with Gasteiger partial charge in [-0.05, 0) is 17.7 Å². The maximum absolute atomic E-state index is 12.8. The Morgan fingerprint density at radius 3 is 2.47 bits per heavy atom. The first-order valence-corrected chi connectivity index (χ1v) is 5.76. The summed E-state index contributed by atoms with van der Waals surface area (Å²) in [6.07, 6.45) is 0.116. The van der Waals surface area contributed by atoms with Gasteiger partial charge in [0.25, 0.3) is 0 Å². The van der Waals surface area contributed by atoms with Gasteiger partial charge in [0.1, 0.15) is 12.4 Å². The maximum Gasteiger partial charge on any atom is 0.323 e. The van der Waals surface area contributed by atoms with Gasteiger partial charge >= 0.3 is 5.97 Å². The van der Waals surface area contributed by atoms with E-state index in [1.54, 1.807) is 0 Å². The van der Waals surface area contributed by atoms with Crippen molar-refractivity contribution in [3.8, 4) is 0 Å². The summed E-state index contributed by atoms with van der Waals surface area (Å²) >= 11 is 0. The third kappa shape index (κ3) is 5.48. The monoisotopic (exact) mass is 269 g/mol. The van der Waals surface area contributed by atoms with Crippen LogP contribution >= 0.6 is 0 Å². The molecule has 0 spiro atoms. The van der Waals surface area contributed by atoms with Gasteiger partial charge in [-0.25, -0.2) is 4.39 Å². The molecule has 0 aliphatic rings. The van der Waals surface area contributed by atoms with Crippen LogP contribution in [-0.2, 0) is 20.9 Å². The highest BCUT2D eigenvalue weighted by Crippen LogP contribution is 2.08. The fourth-order valence-corrected chi connectivity index (χ4v) is 1.55. The van der Waals surface area contributed by atoms with Crippen LogP contribution in [0.5, 0.6) is 0 Å². The number of aliphatic carboxylic acids is 1. The number of hydrogen-bond donors (Lipinski definition) is 1. The first-order chi connectivity index (χ1) is 9.02. The Hall–Kier alpha value is -1.95. The molecule has 0 radical (unpaired) electrons. The van der Waals surface area contributed by atoms with E-state index in [2.05, 4.69) is 0 Å². The van der Waals surface area contributed by atoms with Crippen LogP contribution in [0.15, 0.2) is 24.3 Å². The van der Waals surface area contributed by atoms with E-state index in [1.807, 2.05) is 0 Å². The van der Waals surface area contributed by atoms with Crippen molar-refractivity contribution in [3.63, 3.8) is 0 Å². The Labute approximate surface area is 110 Å². The average molecular weight is 269 g/mol. The van der Waals surface area contributed by atoms with Crippen molar-refractivity contribution >= 4 is 11.9 Å². The van der Waals surface area contributed by atoms with Gasteiger partial charge in [0, 0.05) is 13.7 Å². The van der Waals surface area contributed by atoms with E-state index in [0.29, 0.717) is 5.56 Å². The van der Waals surface area contributed by atoms with E-state index in [1.165, 1.54) is 36.3 Å². The molecule has 0 aromatic heterocycles. The fraction of sp³-hybridized carbons (Fsp3) is 0.385. The van der Waals surface area contributed by atoms with Crippen LogP contribution in [0.3, 0.4) is 0 Å². The third-order valence-corrected chi connectivity index (χ3v) is 2.49. The summed E-state index contributed by atoms with van der Waals surface area (Å²) in [5.41, 5.74) is 0.674. The Balaban J connectivity index is 2.70. The summed E-state index contributed by atoms with van der Waals surface area (Å²) < 4.78 is 17.6. The molecule has 19 heavy (non-hydrogen) atoms. The van der Waals surface area contributed by atoms with Crippen molar-refractivity contribution in [1.29, 1.82) is 0 Å². The molecule has 1 N–H and O–H groups in total. The molecule has 1 aromatic carbocycles. The molecule has 0 aliphatic heterocycles. The molecule has 1 rings (SSSR count). The largest absolute Gasteiger partial charge is 0.480 e. The Kier molecular flexibility index (Phi) is 5.95. The molecule has 0 saturated heterocycles. The van der Waals surface area contributed by atoms with Crippen molar-refractivity contribution in [2.45, 2.75) is 13.0 Å². The normalized spacial score (nSPS) is 10.2. The van der Waals surface area contributed by atoms with Gasteiger partial charge in [-0.3, -0.25) is 9.59 Å². The second-order valence-corrected chi connectivity index (χ2v) is 4.01. The smallest absolute Gasteiger partial charge is 0.323 e. The number of hydrogen-bond acceptors (Lipinski definition) is 3. The molecule has 0 atom stereocenters. The minimum Gasteiger partial charge on any atom is -0.480 e. The van der Waals surface area contributed by atoms with Crippen LogP contribution in [-0.4, -0.2) is 42.1 Å². The van der Waals surface area contributed by atoms with E-state index in [4.69, 9.17) is 9.84 Å². The molecule has 0 bridgehead atoms. The van der Waals surface area contributed by atoms with E-state index in [9.17, 15) is 14.0 Å². The van der Waals surface area contributed by atoms with Gasteiger partial charge in [0.2, 0.25) is 5.91 Å². The standard InChI is InChI=1S/C13H16FNO4/c1-19-7-6-12(16)15(9-13(17)18)8-10-2-4-11(14)5-3-10/h2-5H,6-9H2,1H3,(H,17,18). The topological polar surface area (TPSA) is 66.8 Å². The lowest BCUT2D eigenvalue weighted by Gasteiger charge is -2.20. The van der Waals surface area contributed by atoms with Gasteiger partial charge in [-0.15, -0.1) is 0 Å². The zero-order valence-corrected chi connectivity index (χ0v) is 10.6. The minimum atomic E-state index is -1.09. The number of halogens is 1. The van der Waals surface area contributed by atoms with Gasteiger partial charge in [0.05, 0.1) is 13.0 Å². The second-order valence-electron chi connectivity index (χ2n) is 4.01. The van der Waals surface area contributed by atoms with Crippen LogP contribution in [0, 0.1) is 5.82 Å². The summed E-state index contributed by atoms with van der Waals surface area (Å²) in [5.74, 6) is -1.78. The number of benzene rings is 1. The fourth-order valence-electron chi connectivity index (χ4n) is 1.55. The van der Waals surface area contributed by atoms with Crippen LogP contribution in [0.25, 0.3) is 0 Å². The van der Waals surface area contributed by atoms with Gasteiger partial charge in [-0.1, -0.05) is 12.1 Å². The van der Waals surface area contributed by atoms with Crippen LogP contribution in [0.2, 0.25) is 0 Å². The molecular weight excluding hydrogens is 253 g/mol. The van der Waals surface area contributed by atoms with Crippen molar-refractivity contribution < 1.29 is 23.8 Å². The lowest BCUT2D eigenvalue weighted by atomic mass is 10.2. The number of carbonyl (C=O) groups is 2. The lowest BCUT2D eigenvalue weighted by molar-refractivity contribution is -0.145. The zero-order chi connectivity index (χ0) is 14.3. The van der Waals surface area contributed by atoms with E-state index >= 15 is 0 Å². The highest BCUT2D eigenvalue weighted by atomic mass is 19.1. The molecule has 104 valence electrons. The lowest BCUT2D eigenvalue weighted by Crippen LogP contribution is -2.35. The van der Waals surface area contributed by atoms with Crippen LogP contribution < -0.4 is 0 Å². The number of carbonyl (C=O) groups excluding carboxylic acids is 1. The molecule has 0 fully saturated rings. The number of ether oxygens (including phenoxy) is 1. The molecule has 0 aliphatic carbocycles. The Morgan fingerprint density at radius 2 is 1.95 bits per heavy atom. The molecule has 0 unspecified atom stereocenters. The zero-order valence-electron chi connectivity index (χ0n) is 10.6. The number of methoxy groups -OCH3 is 1. The number of amides is 1. The van der Waals surface area contributed by atoms with Crippen molar-refractivity contribution in [3.05, 3.63) is 35.6 Å². The minimum absolute atomic E-state index is 0.116. The van der Waals surface area contributed by atoms with E-state index in [0.717, 1.165) is 0 Å². The highest BCUT2D eigenvalue weighted by Gasteiger charge is 2.16. The van der Waals surface area contributed by atoms with Crippen LogP contribution in [0.1, 0.15) is 12.0 Å². The van der Waals surface area contributed by atoms with Crippen molar-refractivity contribution in [1.82, 2.24) is 4.90 Å². The first kappa shape index (κ1) is 15.1. The molecular formula is C13H16FNO4. The predicted molar refractivity (Wildman–Crippen MR) is 65.9 cm³/mol. The highest BCUT2D eigenvalue weighted by molar-refractivity contribution is 5.81. The van der Waals surface area contributed by atoms with Crippen molar-refractivity contribution in [2.75, 3.05) is 20.3 Å². The molecule has 6 heteroatoms. The molecule has 5 nitrogen and oxygen atoms in total. The summed E-state index contributed by atoms with van der Waals surface area (Å²) in [6, 6.07) is 5.59. The molecule has 1 aromatic rings. The Morgan fingerprint density at radius 1 is 1.32 bits per heavy atom. The number of nitrogens with zero attached hydrogens (tertiary/aromatic N) is 1. The average Bonchev–Trinajstić information content (AvgIpc) is 2.37. The van der Waals surface area contributed by atoms with E-state index in [-0.39, 0.29) is 37.8 Å². The predicted octanol–water partition coefficient (Wildman–Crippen LogP) is 1.28. The SMILES string of the molecule is COCCC(=O)N(CC(=O)O)Cc1ccc(F)cc1.